The Labute approximate surface area is 152 Å². The molecule has 1 aliphatic heterocycles. The Bertz CT molecular complexity index is 748. The molecule has 0 aliphatic carbocycles. The normalized spacial score (nSPS) is 17.3. The first-order valence-corrected chi connectivity index (χ1v) is 8.90. The monoisotopic (exact) mass is 358 g/mol. The molecule has 1 saturated heterocycles. The fourth-order valence-electron chi connectivity index (χ4n) is 3.14. The highest BCUT2D eigenvalue weighted by atomic mass is 19.1. The van der Waals surface area contributed by atoms with Crippen molar-refractivity contribution in [2.75, 3.05) is 13.1 Å². The van der Waals surface area contributed by atoms with Crippen molar-refractivity contribution in [3.05, 3.63) is 54.1 Å². The molecule has 1 aromatic heterocycles. The lowest BCUT2D eigenvalue weighted by Crippen LogP contribution is -2.45. The lowest BCUT2D eigenvalue weighted by molar-refractivity contribution is -0.138. The number of aromatic nitrogens is 2. The molecule has 2 amide bonds. The molecular formula is C19H23FN4O2. The van der Waals surface area contributed by atoms with E-state index in [1.807, 2.05) is 16.9 Å². The zero-order chi connectivity index (χ0) is 18.4. The van der Waals surface area contributed by atoms with Crippen molar-refractivity contribution in [1.29, 1.82) is 0 Å². The molecule has 1 atom stereocenters. The number of rotatable bonds is 7. The van der Waals surface area contributed by atoms with Crippen LogP contribution in [0.2, 0.25) is 0 Å². The lowest BCUT2D eigenvalue weighted by atomic mass is 9.96. The predicted octanol–water partition coefficient (Wildman–Crippen LogP) is 1.97. The summed E-state index contributed by atoms with van der Waals surface area (Å²) in [6.45, 7) is 1.85. The Kier molecular flexibility index (Phi) is 5.99. The summed E-state index contributed by atoms with van der Waals surface area (Å²) in [6.07, 6.45) is 5.26. The molecule has 0 unspecified atom stereocenters. The number of carbonyl (C=O) groups excluding carboxylic acids is 2. The van der Waals surface area contributed by atoms with E-state index in [9.17, 15) is 14.0 Å². The van der Waals surface area contributed by atoms with Gasteiger partial charge in [-0.15, -0.1) is 0 Å². The van der Waals surface area contributed by atoms with E-state index in [1.165, 1.54) is 6.07 Å². The highest BCUT2D eigenvalue weighted by Gasteiger charge is 2.30. The minimum Gasteiger partial charge on any atom is -0.356 e. The van der Waals surface area contributed by atoms with Crippen molar-refractivity contribution in [2.24, 2.45) is 5.92 Å². The number of benzene rings is 1. The van der Waals surface area contributed by atoms with E-state index in [0.717, 1.165) is 13.0 Å². The van der Waals surface area contributed by atoms with Gasteiger partial charge < -0.3 is 10.2 Å². The van der Waals surface area contributed by atoms with Crippen LogP contribution in [-0.2, 0) is 22.7 Å². The third kappa shape index (κ3) is 4.68. The maximum Gasteiger partial charge on any atom is 0.224 e. The van der Waals surface area contributed by atoms with Crippen LogP contribution in [0.15, 0.2) is 42.7 Å². The molecule has 2 heterocycles. The number of likely N-dealkylation sites (tertiary alicyclic amines) is 1. The number of aryl methyl sites for hydroxylation is 1. The number of hydrogen-bond acceptors (Lipinski definition) is 3. The highest BCUT2D eigenvalue weighted by molar-refractivity contribution is 5.83. The summed E-state index contributed by atoms with van der Waals surface area (Å²) in [7, 11) is 0. The number of piperidine rings is 1. The number of hydrogen-bond donors (Lipinski definition) is 1. The number of nitrogens with one attached hydrogen (secondary N) is 1. The van der Waals surface area contributed by atoms with Crippen LogP contribution in [-0.4, -0.2) is 39.6 Å². The van der Waals surface area contributed by atoms with Crippen LogP contribution >= 0.6 is 0 Å². The second-order valence-corrected chi connectivity index (χ2v) is 6.51. The molecule has 1 N–H and O–H groups in total. The summed E-state index contributed by atoms with van der Waals surface area (Å²) < 4.78 is 15.6. The van der Waals surface area contributed by atoms with Crippen LogP contribution in [0.4, 0.5) is 4.39 Å². The topological polar surface area (TPSA) is 67.2 Å². The molecule has 0 spiro atoms. The largest absolute Gasteiger partial charge is 0.356 e. The van der Waals surface area contributed by atoms with Gasteiger partial charge in [-0.3, -0.25) is 14.3 Å². The maximum atomic E-state index is 13.8. The van der Waals surface area contributed by atoms with Crippen molar-refractivity contribution in [1.82, 2.24) is 20.0 Å². The molecule has 1 aliphatic rings. The fraction of sp³-hybridized carbons (Fsp3) is 0.421. The first-order valence-electron chi connectivity index (χ1n) is 8.90. The fourth-order valence-corrected chi connectivity index (χ4v) is 3.14. The van der Waals surface area contributed by atoms with Gasteiger partial charge in [0, 0.05) is 50.6 Å². The van der Waals surface area contributed by atoms with Crippen molar-refractivity contribution >= 4 is 11.8 Å². The van der Waals surface area contributed by atoms with Gasteiger partial charge in [0.1, 0.15) is 5.82 Å². The van der Waals surface area contributed by atoms with Crippen LogP contribution in [0.25, 0.3) is 0 Å². The summed E-state index contributed by atoms with van der Waals surface area (Å²) >= 11 is 0. The van der Waals surface area contributed by atoms with Crippen LogP contribution in [0, 0.1) is 11.7 Å². The van der Waals surface area contributed by atoms with Gasteiger partial charge in [0.2, 0.25) is 11.8 Å². The minimum atomic E-state index is -0.328. The molecule has 1 aromatic carbocycles. The van der Waals surface area contributed by atoms with Gasteiger partial charge >= 0.3 is 0 Å². The molecule has 0 radical (unpaired) electrons. The molecular weight excluding hydrogens is 335 g/mol. The van der Waals surface area contributed by atoms with Gasteiger partial charge in [0.05, 0.1) is 5.92 Å². The van der Waals surface area contributed by atoms with Crippen LogP contribution in [0.3, 0.4) is 0 Å². The summed E-state index contributed by atoms with van der Waals surface area (Å²) in [5.41, 5.74) is 0.473. The van der Waals surface area contributed by atoms with Crippen molar-refractivity contribution in [3.63, 3.8) is 0 Å². The van der Waals surface area contributed by atoms with Crippen molar-refractivity contribution < 1.29 is 14.0 Å². The number of halogens is 1. The number of nitrogens with zero attached hydrogens (tertiary/aromatic N) is 3. The Morgan fingerprint density at radius 1 is 1.31 bits per heavy atom. The summed E-state index contributed by atoms with van der Waals surface area (Å²) in [4.78, 5) is 26.1. The summed E-state index contributed by atoms with van der Waals surface area (Å²) in [5.74, 6) is -0.651. The Morgan fingerprint density at radius 2 is 2.15 bits per heavy atom. The van der Waals surface area contributed by atoms with E-state index >= 15 is 0 Å². The average Bonchev–Trinajstić information content (AvgIpc) is 3.15. The average molecular weight is 358 g/mol. The zero-order valence-corrected chi connectivity index (χ0v) is 14.6. The molecule has 2 aromatic rings. The van der Waals surface area contributed by atoms with E-state index in [0.29, 0.717) is 31.5 Å². The van der Waals surface area contributed by atoms with Gasteiger partial charge in [-0.05, 0) is 25.0 Å². The summed E-state index contributed by atoms with van der Waals surface area (Å²) in [6, 6.07) is 8.28. The van der Waals surface area contributed by atoms with Gasteiger partial charge in [0.15, 0.2) is 0 Å². The third-order valence-corrected chi connectivity index (χ3v) is 4.61. The molecule has 0 saturated carbocycles. The van der Waals surface area contributed by atoms with E-state index in [1.54, 1.807) is 29.3 Å². The predicted molar refractivity (Wildman–Crippen MR) is 94.4 cm³/mol. The number of amides is 2. The SMILES string of the molecule is O=C(NCCCn1cccn1)[C@@H]1CCC(=O)N(Cc2ccccc2F)C1. The zero-order valence-electron chi connectivity index (χ0n) is 14.6. The molecule has 0 bridgehead atoms. The molecule has 3 rings (SSSR count). The van der Waals surface area contributed by atoms with E-state index in [-0.39, 0.29) is 30.1 Å². The standard InChI is InChI=1S/C19H23FN4O2/c20-17-6-2-1-5-15(17)13-23-14-16(7-8-18(23)25)19(26)21-9-3-11-24-12-4-10-22-24/h1-2,4-6,10,12,16H,3,7-9,11,13-14H2,(H,21,26)/t16-/m1/s1. The molecule has 6 nitrogen and oxygen atoms in total. The third-order valence-electron chi connectivity index (χ3n) is 4.61. The summed E-state index contributed by atoms with van der Waals surface area (Å²) in [5, 5.41) is 7.05. The maximum absolute atomic E-state index is 13.8. The van der Waals surface area contributed by atoms with E-state index in [2.05, 4.69) is 10.4 Å². The second kappa shape index (κ2) is 8.60. The second-order valence-electron chi connectivity index (χ2n) is 6.51. The minimum absolute atomic E-state index is 0.0315. The van der Waals surface area contributed by atoms with Crippen molar-refractivity contribution in [2.45, 2.75) is 32.4 Å². The quantitative estimate of drug-likeness (QED) is 0.770. The molecule has 1 fully saturated rings. The molecule has 7 heteroatoms. The van der Waals surface area contributed by atoms with Crippen LogP contribution in [0.5, 0.6) is 0 Å². The van der Waals surface area contributed by atoms with Gasteiger partial charge in [-0.1, -0.05) is 18.2 Å². The van der Waals surface area contributed by atoms with E-state index in [4.69, 9.17) is 0 Å². The van der Waals surface area contributed by atoms with Crippen molar-refractivity contribution in [3.8, 4) is 0 Å². The Hall–Kier alpha value is -2.70. The molecule has 26 heavy (non-hydrogen) atoms. The van der Waals surface area contributed by atoms with Gasteiger partial charge in [0.25, 0.3) is 0 Å². The molecule has 138 valence electrons. The Morgan fingerprint density at radius 3 is 2.92 bits per heavy atom. The van der Waals surface area contributed by atoms with Gasteiger partial charge in [-0.25, -0.2) is 4.39 Å². The first kappa shape index (κ1) is 18.1. The van der Waals surface area contributed by atoms with Gasteiger partial charge in [-0.2, -0.15) is 5.10 Å². The Balaban J connectivity index is 1.48. The highest BCUT2D eigenvalue weighted by Crippen LogP contribution is 2.21. The van der Waals surface area contributed by atoms with E-state index < -0.39 is 0 Å². The smallest absolute Gasteiger partial charge is 0.224 e. The first-order chi connectivity index (χ1) is 12.6. The van der Waals surface area contributed by atoms with Crippen LogP contribution < -0.4 is 5.32 Å². The van der Waals surface area contributed by atoms with Crippen LogP contribution in [0.1, 0.15) is 24.8 Å². The lowest BCUT2D eigenvalue weighted by Gasteiger charge is -2.32. The number of carbonyl (C=O) groups is 2.